The van der Waals surface area contributed by atoms with E-state index >= 15 is 0 Å². The van der Waals surface area contributed by atoms with Crippen LogP contribution in [0.25, 0.3) is 87.2 Å². The predicted molar refractivity (Wildman–Crippen MR) is 325 cm³/mol. The smallest absolute Gasteiger partial charge is 0.110 e. The third-order valence-electron chi connectivity index (χ3n) is 13.6. The lowest BCUT2D eigenvalue weighted by atomic mass is 9.57. The summed E-state index contributed by atoms with van der Waals surface area (Å²) in [6.45, 7) is 0. The molecule has 0 spiro atoms. The third-order valence-corrected chi connectivity index (χ3v) is 13.6. The lowest BCUT2D eigenvalue weighted by molar-refractivity contribution is 1.75. The Morgan fingerprint density at radius 2 is 0.377 bits per heavy atom. The Hall–Kier alpha value is -4.10. The van der Waals surface area contributed by atoms with Crippen LogP contribution in [0, 0.1) is 0 Å². The molecule has 0 saturated heterocycles. The minimum Gasteiger partial charge on any atom is -0.110 e. The Morgan fingerprint density at radius 1 is 0.159 bits per heavy atom. The average molecular weight is 802 g/mol. The molecule has 9 aromatic carbocycles. The molecule has 0 saturated carbocycles. The monoisotopic (exact) mass is 806 g/mol. The topological polar surface area (TPSA) is 0 Å². The van der Waals surface area contributed by atoms with Crippen LogP contribution in [-0.4, -0.2) is 196 Å². The summed E-state index contributed by atoms with van der Waals surface area (Å²) in [6.07, 6.45) is 0. The molecule has 254 valence electrons. The summed E-state index contributed by atoms with van der Waals surface area (Å²) in [5, 5.41) is 1.72. The van der Waals surface area contributed by atoms with Gasteiger partial charge in [-0.25, -0.2) is 0 Å². The van der Waals surface area contributed by atoms with Crippen LogP contribution in [0.1, 0.15) is 0 Å². The number of hydrogen-bond donors (Lipinski definition) is 0. The Bertz CT molecular complexity index is 3940. The van der Waals surface area contributed by atoms with Gasteiger partial charge in [-0.3, -0.25) is 0 Å². The molecule has 0 aliphatic rings. The van der Waals surface area contributed by atoms with Crippen LogP contribution in [0.15, 0.2) is 18.2 Å². The van der Waals surface area contributed by atoms with Crippen LogP contribution in [0.2, 0.25) is 0 Å². The third kappa shape index (κ3) is 6.58. The van der Waals surface area contributed by atoms with Gasteiger partial charge in [0.1, 0.15) is 196 Å². The van der Waals surface area contributed by atoms with Gasteiger partial charge in [0.05, 0.1) is 0 Å². The quantitative estimate of drug-likeness (QED) is 0.123. The zero-order valence-electron chi connectivity index (χ0n) is 36.7. The number of hydrogen-bond acceptors (Lipinski definition) is 0. The van der Waals surface area contributed by atoms with E-state index in [1.807, 2.05) is 0 Å². The molecule has 0 unspecified atom stereocenters. The average Bonchev–Trinajstić information content (AvgIpc) is 3.32. The van der Waals surface area contributed by atoms with Gasteiger partial charge in [0, 0.05) is 0 Å². The molecule has 9 rings (SSSR count). The van der Waals surface area contributed by atoms with Crippen LogP contribution >= 0.6 is 0 Å². The maximum absolute atomic E-state index is 7.23. The molecule has 0 nitrogen and oxygen atoms in total. The Morgan fingerprint density at radius 3 is 0.710 bits per heavy atom. The van der Waals surface area contributed by atoms with Crippen molar-refractivity contribution >= 4 is 387 Å². The van der Waals surface area contributed by atoms with Crippen molar-refractivity contribution in [2.75, 3.05) is 0 Å². The molecule has 25 heteroatoms. The van der Waals surface area contributed by atoms with Crippen molar-refractivity contribution in [1.82, 2.24) is 0 Å². The highest BCUT2D eigenvalue weighted by Gasteiger charge is 2.29. The molecule has 0 atom stereocenters. The van der Waals surface area contributed by atoms with Gasteiger partial charge in [0.2, 0.25) is 0 Å². The summed E-state index contributed by atoms with van der Waals surface area (Å²) in [7, 11) is 168. The van der Waals surface area contributed by atoms with Gasteiger partial charge in [-0.2, -0.15) is 0 Å². The zero-order valence-corrected chi connectivity index (χ0v) is 36.7. The predicted octanol–water partition coefficient (Wildman–Crippen LogP) is -17.7. The Kier molecular flexibility index (Phi) is 12.3. The van der Waals surface area contributed by atoms with Crippen molar-refractivity contribution < 1.29 is 0 Å². The second-order valence-electron chi connectivity index (χ2n) is 17.0. The first-order chi connectivity index (χ1) is 32.2. The maximum atomic E-state index is 7.23. The van der Waals surface area contributed by atoms with Gasteiger partial charge in [0.15, 0.2) is 0 Å². The summed E-state index contributed by atoms with van der Waals surface area (Å²) >= 11 is 0. The molecule has 69 heavy (non-hydrogen) atoms. The molecule has 0 aliphatic carbocycles. The van der Waals surface area contributed by atoms with Gasteiger partial charge in [-0.1, -0.05) is 99.5 Å². The van der Waals surface area contributed by atoms with Gasteiger partial charge in [0.25, 0.3) is 0 Å². The van der Waals surface area contributed by atoms with Crippen LogP contribution in [-0.2, 0) is 0 Å². The fourth-order valence-electron chi connectivity index (χ4n) is 9.87. The van der Waals surface area contributed by atoms with Crippen LogP contribution < -0.4 is 137 Å². The second-order valence-corrected chi connectivity index (χ2v) is 17.0. The van der Waals surface area contributed by atoms with Crippen molar-refractivity contribution in [2.45, 2.75) is 0 Å². The molecule has 0 aromatic heterocycles. The van der Waals surface area contributed by atoms with E-state index in [1.165, 1.54) is 0 Å². The van der Waals surface area contributed by atoms with Crippen molar-refractivity contribution in [1.29, 1.82) is 0 Å². The number of fused-ring (bicyclic) bond motifs is 5. The second kappa shape index (κ2) is 17.0. The van der Waals surface area contributed by atoms with E-state index < -0.39 is 0 Å². The van der Waals surface area contributed by atoms with Crippen LogP contribution in [0.4, 0.5) is 0 Å². The lowest BCUT2D eigenvalue weighted by Gasteiger charge is -2.31. The minimum atomic E-state index is -0.133. The summed E-state index contributed by atoms with van der Waals surface area (Å²) < 4.78 is 0. The van der Waals surface area contributed by atoms with Gasteiger partial charge in [-0.05, 0) is 93.3 Å². The van der Waals surface area contributed by atoms with Gasteiger partial charge in [-0.15, -0.1) is 49.2 Å². The van der Waals surface area contributed by atoms with Crippen molar-refractivity contribution in [3.63, 3.8) is 0 Å². The highest BCUT2D eigenvalue weighted by atomic mass is 14.3. The largest absolute Gasteiger partial charge is 0.115 e. The molecule has 50 radical (unpaired) electrons. The van der Waals surface area contributed by atoms with E-state index in [0.717, 1.165) is 0 Å². The summed E-state index contributed by atoms with van der Waals surface area (Å²) in [6, 6.07) is 5.05. The van der Waals surface area contributed by atoms with Gasteiger partial charge < -0.3 is 0 Å². The molecule has 0 fully saturated rings. The fraction of sp³-hybridized carbons (Fsp3) is 0. The van der Waals surface area contributed by atoms with E-state index in [-0.39, 0.29) is 213 Å². The molecular weight excluding hydrogens is 799 g/mol. The Labute approximate surface area is 435 Å². The summed E-state index contributed by atoms with van der Waals surface area (Å²) in [5.74, 6) is 0. The van der Waals surface area contributed by atoms with Crippen LogP contribution in [0.3, 0.4) is 0 Å². The molecule has 0 amide bonds. The fourth-order valence-corrected chi connectivity index (χ4v) is 9.87. The molecule has 0 heterocycles. The molecule has 0 aliphatic heterocycles. The zero-order chi connectivity index (χ0) is 50.8. The first kappa shape index (κ1) is 49.9. The van der Waals surface area contributed by atoms with Crippen LogP contribution in [0.5, 0.6) is 0 Å². The summed E-state index contributed by atoms with van der Waals surface area (Å²) in [5.41, 5.74) is -0.378. The molecular formula is C44H3B25. The first-order valence-corrected chi connectivity index (χ1v) is 20.5. The molecule has 0 N–H and O–H groups in total. The van der Waals surface area contributed by atoms with E-state index in [9.17, 15) is 0 Å². The maximum Gasteiger partial charge on any atom is 0.115 e. The molecule has 0 bridgehead atoms. The summed E-state index contributed by atoms with van der Waals surface area (Å²) in [4.78, 5) is 0. The number of benzene rings is 9. The van der Waals surface area contributed by atoms with Crippen molar-refractivity contribution in [3.05, 3.63) is 18.2 Å². The molecule has 9 aromatic rings. The van der Waals surface area contributed by atoms with Crippen molar-refractivity contribution in [2.24, 2.45) is 0 Å². The lowest BCUT2D eigenvalue weighted by Crippen LogP contribution is -2.52. The van der Waals surface area contributed by atoms with Crippen molar-refractivity contribution in [3.8, 4) is 33.4 Å². The Balaban J connectivity index is 1.64. The van der Waals surface area contributed by atoms with E-state index in [2.05, 4.69) is 0 Å². The van der Waals surface area contributed by atoms with E-state index in [4.69, 9.17) is 196 Å². The number of rotatable bonds is 3. The SMILES string of the molecule is [B]c1c([B])c([B])c2c([B])c(-c3c4ccc(-c5c([B])c([B])c([B])c6c([B])c([B])c([B])c([B])c56)cc4c(-c4c([B])c([B])c5c([B])c([B])c([B])c([B])c5c4[B])c4c([B])c([B])c([B])c([B])c34)c([B])c([B])c2c1[B]. The highest BCUT2D eigenvalue weighted by Crippen LogP contribution is 2.42. The minimum absolute atomic E-state index is 0.000625. The first-order valence-electron chi connectivity index (χ1n) is 20.5. The standard InChI is InChI=1S/C44H3B25/c45-20-13(26(51)28(53)18-16(20)32(57)41(66)43(68)34(18)59)8-5-2-1-4(7-10-15(30(55)36(61)22(7)47)31(56)40(65)37(62)23(10)48)3-6(5)9(12-11(8)24(49)38(63)39(64)25(12)50)14-21(46)17-19(29(54)27(14)52)35(60)44(69)42(67)33(17)58/h1-3H. The van der Waals surface area contributed by atoms with E-state index in [1.54, 1.807) is 18.2 Å². The highest BCUT2D eigenvalue weighted by molar-refractivity contribution is 6.77. The normalized spacial score (nSPS) is 11.8. The van der Waals surface area contributed by atoms with E-state index in [0.29, 0.717) is 10.9 Å². The van der Waals surface area contributed by atoms with Gasteiger partial charge >= 0.3 is 0 Å².